The molecule has 3 nitrogen and oxygen atoms in total. The summed E-state index contributed by atoms with van der Waals surface area (Å²) in [6, 6.07) is 4.55. The lowest BCUT2D eigenvalue weighted by Gasteiger charge is -2.21. The summed E-state index contributed by atoms with van der Waals surface area (Å²) in [5.41, 5.74) is 2.83. The van der Waals surface area contributed by atoms with E-state index in [0.29, 0.717) is 0 Å². The second-order valence-corrected chi connectivity index (χ2v) is 4.80. The number of nitrogens with zero attached hydrogens (tertiary/aromatic N) is 3. The van der Waals surface area contributed by atoms with E-state index in [9.17, 15) is 0 Å². The van der Waals surface area contributed by atoms with E-state index < -0.39 is 0 Å². The summed E-state index contributed by atoms with van der Waals surface area (Å²) in [6.07, 6.45) is 0. The Balaban J connectivity index is 2.71. The molecule has 0 saturated heterocycles. The first kappa shape index (κ1) is 15.3. The summed E-state index contributed by atoms with van der Waals surface area (Å²) in [4.78, 5) is 4.91. The van der Waals surface area contributed by atoms with Gasteiger partial charge in [0.05, 0.1) is 0 Å². The van der Waals surface area contributed by atoms with Crippen LogP contribution in [0.1, 0.15) is 39.1 Å². The van der Waals surface area contributed by atoms with Crippen molar-refractivity contribution in [3.05, 3.63) is 23.5 Å². The molecule has 0 fully saturated rings. The molecule has 18 heavy (non-hydrogen) atoms. The van der Waals surface area contributed by atoms with Crippen molar-refractivity contribution in [3.8, 4) is 0 Å². The molecular formula is C15H29N3. The van der Waals surface area contributed by atoms with E-state index >= 15 is 0 Å². The third-order valence-corrected chi connectivity index (χ3v) is 3.89. The third kappa shape index (κ3) is 3.85. The minimum absolute atomic E-state index is 1.06. The van der Waals surface area contributed by atoms with Crippen molar-refractivity contribution < 1.29 is 0 Å². The fourth-order valence-electron chi connectivity index (χ4n) is 2.27. The summed E-state index contributed by atoms with van der Waals surface area (Å²) in [5, 5.41) is 0. The lowest BCUT2D eigenvalue weighted by atomic mass is 10.3. The Morgan fingerprint density at radius 2 is 1.11 bits per heavy atom. The van der Waals surface area contributed by atoms with Crippen LogP contribution in [0.3, 0.4) is 0 Å². The van der Waals surface area contributed by atoms with E-state index in [-0.39, 0.29) is 0 Å². The zero-order valence-electron chi connectivity index (χ0n) is 12.7. The molecule has 0 atom stereocenters. The first-order chi connectivity index (χ1) is 8.65. The minimum Gasteiger partial charge on any atom is -0.349 e. The van der Waals surface area contributed by atoms with Crippen molar-refractivity contribution in [3.63, 3.8) is 0 Å². The van der Waals surface area contributed by atoms with Crippen LogP contribution in [0, 0.1) is 0 Å². The minimum atomic E-state index is 1.06. The lowest BCUT2D eigenvalue weighted by molar-refractivity contribution is 0.279. The van der Waals surface area contributed by atoms with Gasteiger partial charge in [-0.25, -0.2) is 0 Å². The molecule has 1 aromatic rings. The quantitative estimate of drug-likeness (QED) is 0.704. The van der Waals surface area contributed by atoms with Crippen LogP contribution < -0.4 is 0 Å². The second kappa shape index (κ2) is 7.59. The Labute approximate surface area is 112 Å². The molecule has 0 bridgehead atoms. The van der Waals surface area contributed by atoms with Gasteiger partial charge in [-0.3, -0.25) is 9.80 Å². The van der Waals surface area contributed by atoms with Crippen LogP contribution in [0.2, 0.25) is 0 Å². The highest BCUT2D eigenvalue weighted by Gasteiger charge is 2.09. The average Bonchev–Trinajstić information content (AvgIpc) is 2.74. The van der Waals surface area contributed by atoms with Crippen LogP contribution in [-0.4, -0.2) is 40.5 Å². The Hall–Kier alpha value is -0.800. The highest BCUT2D eigenvalue weighted by Crippen LogP contribution is 2.12. The van der Waals surface area contributed by atoms with Crippen LogP contribution in [0.4, 0.5) is 0 Å². The second-order valence-electron chi connectivity index (χ2n) is 4.80. The zero-order valence-corrected chi connectivity index (χ0v) is 12.7. The molecule has 0 spiro atoms. The number of hydrogen-bond acceptors (Lipinski definition) is 2. The van der Waals surface area contributed by atoms with E-state index in [4.69, 9.17) is 0 Å². The van der Waals surface area contributed by atoms with Crippen molar-refractivity contribution in [1.29, 1.82) is 0 Å². The average molecular weight is 251 g/mol. The summed E-state index contributed by atoms with van der Waals surface area (Å²) < 4.78 is 2.36. The predicted molar refractivity (Wildman–Crippen MR) is 78.7 cm³/mol. The summed E-state index contributed by atoms with van der Waals surface area (Å²) in [6.45, 7) is 15.5. The van der Waals surface area contributed by atoms with E-state index in [1.165, 1.54) is 11.4 Å². The molecule has 0 radical (unpaired) electrons. The number of rotatable bonds is 8. The maximum Gasteiger partial charge on any atom is 0.0386 e. The zero-order chi connectivity index (χ0) is 13.5. The van der Waals surface area contributed by atoms with Gasteiger partial charge in [-0.1, -0.05) is 27.7 Å². The molecule has 0 saturated carbocycles. The fraction of sp³-hybridized carbons (Fsp3) is 0.733. The van der Waals surface area contributed by atoms with E-state index in [1.807, 2.05) is 0 Å². The summed E-state index contributed by atoms with van der Waals surface area (Å²) in [7, 11) is 2.19. The van der Waals surface area contributed by atoms with Crippen LogP contribution in [0.15, 0.2) is 12.1 Å². The number of aromatic nitrogens is 1. The molecule has 0 aliphatic heterocycles. The third-order valence-electron chi connectivity index (χ3n) is 3.89. The fourth-order valence-corrected chi connectivity index (χ4v) is 2.27. The van der Waals surface area contributed by atoms with Gasteiger partial charge in [-0.15, -0.1) is 0 Å². The van der Waals surface area contributed by atoms with Crippen molar-refractivity contribution >= 4 is 0 Å². The predicted octanol–water partition coefficient (Wildman–Crippen LogP) is 2.71. The van der Waals surface area contributed by atoms with Crippen molar-refractivity contribution in [2.45, 2.75) is 40.8 Å². The molecule has 1 heterocycles. The standard InChI is InChI=1S/C15H29N3/c1-6-17(7-2)12-14-10-11-15(16(14)5)13-18(8-3)9-4/h10-11H,6-9,12-13H2,1-5H3. The van der Waals surface area contributed by atoms with Crippen LogP contribution in [-0.2, 0) is 20.1 Å². The van der Waals surface area contributed by atoms with Crippen molar-refractivity contribution in [2.24, 2.45) is 7.05 Å². The van der Waals surface area contributed by atoms with Gasteiger partial charge in [-0.2, -0.15) is 0 Å². The van der Waals surface area contributed by atoms with Crippen molar-refractivity contribution in [1.82, 2.24) is 14.4 Å². The highest BCUT2D eigenvalue weighted by atomic mass is 15.2. The molecular weight excluding hydrogens is 222 g/mol. The molecule has 0 unspecified atom stereocenters. The van der Waals surface area contributed by atoms with Gasteiger partial charge >= 0.3 is 0 Å². The Bertz CT molecular complexity index is 304. The largest absolute Gasteiger partial charge is 0.349 e. The first-order valence-electron chi connectivity index (χ1n) is 7.24. The van der Waals surface area contributed by atoms with Gasteiger partial charge in [-0.05, 0) is 38.3 Å². The van der Waals surface area contributed by atoms with Crippen LogP contribution >= 0.6 is 0 Å². The molecule has 1 aromatic heterocycles. The molecule has 0 aromatic carbocycles. The molecule has 0 amide bonds. The molecule has 0 N–H and O–H groups in total. The van der Waals surface area contributed by atoms with Gasteiger partial charge in [0, 0.05) is 31.5 Å². The van der Waals surface area contributed by atoms with Crippen LogP contribution in [0.5, 0.6) is 0 Å². The van der Waals surface area contributed by atoms with E-state index in [2.05, 4.69) is 61.2 Å². The summed E-state index contributed by atoms with van der Waals surface area (Å²) in [5.74, 6) is 0. The van der Waals surface area contributed by atoms with Crippen LogP contribution in [0.25, 0.3) is 0 Å². The Morgan fingerprint density at radius 1 is 0.778 bits per heavy atom. The first-order valence-corrected chi connectivity index (χ1v) is 7.24. The normalized spacial score (nSPS) is 11.7. The highest BCUT2D eigenvalue weighted by molar-refractivity contribution is 5.16. The molecule has 104 valence electrons. The maximum atomic E-state index is 2.45. The lowest BCUT2D eigenvalue weighted by Crippen LogP contribution is -2.25. The SMILES string of the molecule is CCN(CC)Cc1ccc(CN(CC)CC)n1C. The maximum absolute atomic E-state index is 2.45. The monoisotopic (exact) mass is 251 g/mol. The van der Waals surface area contributed by atoms with Gasteiger partial charge in [0.1, 0.15) is 0 Å². The summed E-state index contributed by atoms with van der Waals surface area (Å²) >= 11 is 0. The Kier molecular flexibility index (Phi) is 6.44. The van der Waals surface area contributed by atoms with Gasteiger partial charge in [0.25, 0.3) is 0 Å². The van der Waals surface area contributed by atoms with Crippen molar-refractivity contribution in [2.75, 3.05) is 26.2 Å². The molecule has 1 rings (SSSR count). The topological polar surface area (TPSA) is 11.4 Å². The van der Waals surface area contributed by atoms with Gasteiger partial charge < -0.3 is 4.57 Å². The molecule has 0 aliphatic carbocycles. The van der Waals surface area contributed by atoms with Gasteiger partial charge in [0.2, 0.25) is 0 Å². The number of hydrogen-bond donors (Lipinski definition) is 0. The van der Waals surface area contributed by atoms with E-state index in [0.717, 1.165) is 39.3 Å². The van der Waals surface area contributed by atoms with E-state index in [1.54, 1.807) is 0 Å². The molecule has 0 aliphatic rings. The molecule has 3 heteroatoms. The Morgan fingerprint density at radius 3 is 1.39 bits per heavy atom. The van der Waals surface area contributed by atoms with Gasteiger partial charge in [0.15, 0.2) is 0 Å². The smallest absolute Gasteiger partial charge is 0.0386 e.